The zero-order valence-corrected chi connectivity index (χ0v) is 15.7. The number of hydrogen-bond acceptors (Lipinski definition) is 2. The predicted octanol–water partition coefficient (Wildman–Crippen LogP) is 5.09. The molecule has 0 aliphatic carbocycles. The summed E-state index contributed by atoms with van der Waals surface area (Å²) in [5.74, 6) is -0.342. The predicted molar refractivity (Wildman–Crippen MR) is 95.3 cm³/mol. The summed E-state index contributed by atoms with van der Waals surface area (Å²) in [6.07, 6.45) is 1.45. The molecule has 2 heterocycles. The van der Waals surface area contributed by atoms with Gasteiger partial charge in [0, 0.05) is 5.69 Å². The maximum atomic E-state index is 14.4. The first-order chi connectivity index (χ1) is 10.2. The van der Waals surface area contributed by atoms with Crippen LogP contribution in [-0.4, -0.2) is 17.5 Å². The van der Waals surface area contributed by atoms with Gasteiger partial charge in [0.05, 0.1) is 17.3 Å². The van der Waals surface area contributed by atoms with Crippen LogP contribution >= 0.6 is 0 Å². The molecule has 0 bridgehead atoms. The van der Waals surface area contributed by atoms with Crippen molar-refractivity contribution in [2.45, 2.75) is 65.1 Å². The van der Waals surface area contributed by atoms with E-state index in [2.05, 4.69) is 57.7 Å². The first-order valence-electron chi connectivity index (χ1n) is 8.08. The lowest BCUT2D eigenvalue weighted by Gasteiger charge is -2.45. The van der Waals surface area contributed by atoms with Crippen molar-refractivity contribution in [3.05, 3.63) is 23.8 Å². The highest BCUT2D eigenvalue weighted by Crippen LogP contribution is 2.45. The quantitative estimate of drug-likeness (QED) is 0.797. The van der Waals surface area contributed by atoms with Crippen LogP contribution in [0, 0.1) is 12.7 Å². The zero-order valence-electron chi connectivity index (χ0n) is 14.7. The van der Waals surface area contributed by atoms with Crippen LogP contribution in [0.3, 0.4) is 0 Å². The molecule has 2 rings (SSSR count). The number of halogens is 1. The van der Waals surface area contributed by atoms with Gasteiger partial charge in [0.25, 0.3) is 0 Å². The smallest absolute Gasteiger partial charge is 0.171 e. The second kappa shape index (κ2) is 5.69. The molecule has 0 aliphatic heterocycles. The Bertz CT molecular complexity index is 667. The molecule has 0 saturated heterocycles. The number of hydrogen-bond donors (Lipinski definition) is 1. The van der Waals surface area contributed by atoms with E-state index in [0.717, 1.165) is 11.3 Å². The van der Waals surface area contributed by atoms with Gasteiger partial charge in [0.1, 0.15) is 5.65 Å². The van der Waals surface area contributed by atoms with Crippen molar-refractivity contribution in [2.75, 3.05) is 5.73 Å². The van der Waals surface area contributed by atoms with Crippen molar-refractivity contribution in [3.63, 3.8) is 0 Å². The summed E-state index contributed by atoms with van der Waals surface area (Å²) in [7, 11) is -1.95. The monoisotopic (exact) mass is 321 g/mol. The minimum atomic E-state index is -1.95. The zero-order chi connectivity index (χ0) is 16.8. The van der Waals surface area contributed by atoms with Crippen LogP contribution in [-0.2, 0) is 0 Å². The van der Waals surface area contributed by atoms with Crippen molar-refractivity contribution in [1.82, 2.24) is 9.22 Å². The number of fused-ring (bicyclic) bond motifs is 1. The van der Waals surface area contributed by atoms with E-state index in [-0.39, 0.29) is 11.5 Å². The van der Waals surface area contributed by atoms with Gasteiger partial charge < -0.3 is 9.97 Å². The average molecular weight is 322 g/mol. The fourth-order valence-electron chi connectivity index (χ4n) is 4.52. The van der Waals surface area contributed by atoms with Gasteiger partial charge in [0.2, 0.25) is 0 Å². The highest BCUT2D eigenvalue weighted by Gasteiger charge is 2.46. The Kier molecular flexibility index (Phi) is 4.39. The van der Waals surface area contributed by atoms with E-state index in [1.165, 1.54) is 6.20 Å². The lowest BCUT2D eigenvalue weighted by Crippen LogP contribution is -2.52. The molecule has 5 heteroatoms. The van der Waals surface area contributed by atoms with E-state index in [1.807, 2.05) is 6.07 Å². The van der Waals surface area contributed by atoms with Crippen LogP contribution < -0.4 is 5.73 Å². The maximum absolute atomic E-state index is 14.4. The number of pyridine rings is 1. The largest absolute Gasteiger partial charge is 0.395 e. The summed E-state index contributed by atoms with van der Waals surface area (Å²) in [5.41, 5.74) is 9.26. The molecule has 0 amide bonds. The van der Waals surface area contributed by atoms with Crippen LogP contribution in [0.5, 0.6) is 0 Å². The van der Waals surface area contributed by atoms with Gasteiger partial charge in [-0.1, -0.05) is 41.5 Å². The molecule has 122 valence electrons. The maximum Gasteiger partial charge on any atom is 0.171 e. The van der Waals surface area contributed by atoms with Gasteiger partial charge in [-0.05, 0) is 29.6 Å². The van der Waals surface area contributed by atoms with Gasteiger partial charge in [-0.3, -0.25) is 0 Å². The van der Waals surface area contributed by atoms with Crippen molar-refractivity contribution >= 4 is 25.0 Å². The lowest BCUT2D eigenvalue weighted by molar-refractivity contribution is 0.643. The Morgan fingerprint density at radius 1 is 1.09 bits per heavy atom. The first-order valence-corrected chi connectivity index (χ1v) is 10.3. The Labute approximate surface area is 133 Å². The third kappa shape index (κ3) is 2.17. The molecule has 0 spiro atoms. The highest BCUT2D eigenvalue weighted by molar-refractivity contribution is 6.82. The number of anilines is 1. The van der Waals surface area contributed by atoms with Crippen LogP contribution in [0.1, 0.15) is 47.2 Å². The van der Waals surface area contributed by atoms with Crippen LogP contribution in [0.25, 0.3) is 11.0 Å². The summed E-state index contributed by atoms with van der Waals surface area (Å²) in [6.45, 7) is 15.8. The van der Waals surface area contributed by atoms with Crippen molar-refractivity contribution in [1.29, 1.82) is 0 Å². The second-order valence-electron chi connectivity index (χ2n) is 7.24. The Morgan fingerprint density at radius 3 is 2.05 bits per heavy atom. The van der Waals surface area contributed by atoms with Gasteiger partial charge in [-0.2, -0.15) is 0 Å². The van der Waals surface area contributed by atoms with E-state index in [9.17, 15) is 4.39 Å². The number of aromatic nitrogens is 2. The third-order valence-electron chi connectivity index (χ3n) is 5.14. The Morgan fingerprint density at radius 2 is 1.59 bits per heavy atom. The molecule has 0 unspecified atom stereocenters. The summed E-state index contributed by atoms with van der Waals surface area (Å²) in [5, 5.41) is 0.552. The fraction of sp³-hybridized carbons (Fsp3) is 0.588. The fourth-order valence-corrected chi connectivity index (χ4v) is 11.3. The molecule has 3 nitrogen and oxygen atoms in total. The molecule has 0 saturated carbocycles. The van der Waals surface area contributed by atoms with Crippen LogP contribution in [0.4, 0.5) is 10.1 Å². The van der Waals surface area contributed by atoms with Gasteiger partial charge in [0.15, 0.2) is 14.1 Å². The third-order valence-corrected chi connectivity index (χ3v) is 12.0. The average Bonchev–Trinajstić information content (AvgIpc) is 2.72. The molecule has 2 N–H and O–H groups in total. The Balaban J connectivity index is 2.92. The molecule has 22 heavy (non-hydrogen) atoms. The van der Waals surface area contributed by atoms with Crippen LogP contribution in [0.2, 0.25) is 16.6 Å². The van der Waals surface area contributed by atoms with Gasteiger partial charge in [-0.25, -0.2) is 9.37 Å². The van der Waals surface area contributed by atoms with Crippen molar-refractivity contribution in [2.24, 2.45) is 0 Å². The first kappa shape index (κ1) is 17.0. The molecule has 2 aromatic rings. The summed E-state index contributed by atoms with van der Waals surface area (Å²) >= 11 is 0. The van der Waals surface area contributed by atoms with Crippen molar-refractivity contribution in [3.8, 4) is 0 Å². The number of nitrogen functional groups attached to an aromatic ring is 1. The van der Waals surface area contributed by atoms with E-state index in [0.29, 0.717) is 22.0 Å². The van der Waals surface area contributed by atoms with E-state index in [1.54, 1.807) is 0 Å². The summed E-state index contributed by atoms with van der Waals surface area (Å²) in [6, 6.07) is 1.91. The standard InChI is InChI=1S/C17H28FN3Si/c1-10(2)22(11(3)4,12(5)6)21-13(7)8-14-16(18)15(19)9-20-17(14)21/h8-12H,19H2,1-7H3. The van der Waals surface area contributed by atoms with E-state index < -0.39 is 8.24 Å². The molecule has 0 radical (unpaired) electrons. The topological polar surface area (TPSA) is 43.8 Å². The minimum absolute atomic E-state index is 0.121. The molecular formula is C17H28FN3Si. The van der Waals surface area contributed by atoms with E-state index >= 15 is 0 Å². The number of nitrogens with zero attached hydrogens (tertiary/aromatic N) is 2. The number of aryl methyl sites for hydroxylation is 1. The molecule has 0 aliphatic rings. The van der Waals surface area contributed by atoms with Crippen LogP contribution in [0.15, 0.2) is 12.3 Å². The van der Waals surface area contributed by atoms with Crippen molar-refractivity contribution < 1.29 is 4.39 Å². The Hall–Kier alpha value is -1.36. The second-order valence-corrected chi connectivity index (χ2v) is 12.9. The molecule has 0 atom stereocenters. The lowest BCUT2D eigenvalue weighted by atomic mass is 10.3. The normalized spacial score (nSPS) is 13.0. The van der Waals surface area contributed by atoms with E-state index in [4.69, 9.17) is 5.73 Å². The molecule has 0 aromatic carbocycles. The van der Waals surface area contributed by atoms with Gasteiger partial charge >= 0.3 is 0 Å². The van der Waals surface area contributed by atoms with Gasteiger partial charge in [-0.15, -0.1) is 0 Å². The minimum Gasteiger partial charge on any atom is -0.395 e. The summed E-state index contributed by atoms with van der Waals surface area (Å²) < 4.78 is 16.8. The molecule has 2 aromatic heterocycles. The summed E-state index contributed by atoms with van der Waals surface area (Å²) in [4.78, 5) is 4.51. The number of rotatable bonds is 4. The number of nitrogens with two attached hydrogens (primary N) is 1. The highest BCUT2D eigenvalue weighted by atomic mass is 28.3. The SMILES string of the molecule is Cc1cc2c(F)c(N)cnc2n1[Si](C(C)C)(C(C)C)C(C)C. The molecular weight excluding hydrogens is 293 g/mol. The molecule has 0 fully saturated rings.